The van der Waals surface area contributed by atoms with Crippen LogP contribution >= 0.6 is 0 Å². The molecule has 17 heteroatoms. The van der Waals surface area contributed by atoms with Gasteiger partial charge in [0, 0.05) is 55.4 Å². The first-order chi connectivity index (χ1) is 25.4. The van der Waals surface area contributed by atoms with Gasteiger partial charge in [0.15, 0.2) is 0 Å². The maximum absolute atomic E-state index is 13.2. The van der Waals surface area contributed by atoms with Gasteiger partial charge in [-0.25, -0.2) is 4.79 Å². The molecule has 0 aromatic heterocycles. The summed E-state index contributed by atoms with van der Waals surface area (Å²) >= 11 is 0. The van der Waals surface area contributed by atoms with E-state index in [0.29, 0.717) is 22.5 Å². The molecule has 15 nitrogen and oxygen atoms in total. The van der Waals surface area contributed by atoms with Crippen molar-refractivity contribution in [2.75, 3.05) is 21.3 Å². The first kappa shape index (κ1) is 37.2. The van der Waals surface area contributed by atoms with Crippen molar-refractivity contribution in [3.05, 3.63) is 119 Å². The van der Waals surface area contributed by atoms with Crippen molar-refractivity contribution in [1.82, 2.24) is 0 Å². The predicted octanol–water partition coefficient (Wildman–Crippen LogP) is 6.66. The zero-order chi connectivity index (χ0) is 39.1. The molecule has 6 rings (SSSR count). The molecule has 0 atom stereocenters. The molecule has 0 saturated carbocycles. The molecular formula is C37H30N4O11S2. The molecule has 0 aliphatic rings. The van der Waals surface area contributed by atoms with Gasteiger partial charge in [0.25, 0.3) is 32.1 Å². The molecule has 276 valence electrons. The fourth-order valence-corrected chi connectivity index (χ4v) is 7.23. The van der Waals surface area contributed by atoms with Crippen molar-refractivity contribution >= 4 is 82.4 Å². The topological polar surface area (TPSA) is 249 Å². The van der Waals surface area contributed by atoms with E-state index in [4.69, 9.17) is 0 Å². The number of rotatable bonds is 8. The molecule has 8 N–H and O–H groups in total. The Bertz CT molecular complexity index is 2600. The number of aryl methyl sites for hydroxylation is 2. The molecule has 0 saturated heterocycles. The van der Waals surface area contributed by atoms with E-state index in [1.54, 1.807) is 13.8 Å². The van der Waals surface area contributed by atoms with Gasteiger partial charge in [-0.05, 0) is 122 Å². The van der Waals surface area contributed by atoms with Gasteiger partial charge in [-0.1, -0.05) is 0 Å². The lowest BCUT2D eigenvalue weighted by Crippen LogP contribution is -2.21. The molecule has 0 bridgehead atoms. The van der Waals surface area contributed by atoms with E-state index in [2.05, 4.69) is 21.3 Å². The van der Waals surface area contributed by atoms with Crippen LogP contribution in [0.4, 0.5) is 27.5 Å². The molecule has 0 radical (unpaired) electrons. The molecule has 54 heavy (non-hydrogen) atoms. The molecule has 0 unspecified atom stereocenters. The summed E-state index contributed by atoms with van der Waals surface area (Å²) in [7, 11) is -9.18. The van der Waals surface area contributed by atoms with E-state index in [1.165, 1.54) is 84.9 Å². The Balaban J connectivity index is 1.13. The number of carbonyl (C=O) groups is 3. The average molecular weight is 771 g/mol. The second kappa shape index (κ2) is 14.1. The van der Waals surface area contributed by atoms with E-state index in [-0.39, 0.29) is 55.5 Å². The summed E-state index contributed by atoms with van der Waals surface area (Å²) in [5, 5.41) is 31.3. The van der Waals surface area contributed by atoms with Crippen molar-refractivity contribution < 1.29 is 50.5 Å². The van der Waals surface area contributed by atoms with Gasteiger partial charge in [0.2, 0.25) is 0 Å². The quantitative estimate of drug-likeness (QED) is 0.0760. The Morgan fingerprint density at radius 3 is 1.19 bits per heavy atom. The Kier molecular flexibility index (Phi) is 9.74. The van der Waals surface area contributed by atoms with Crippen LogP contribution < -0.4 is 21.3 Å². The van der Waals surface area contributed by atoms with E-state index >= 15 is 0 Å². The number of carbonyl (C=O) groups excluding carboxylic acids is 3. The monoisotopic (exact) mass is 770 g/mol. The Labute approximate surface area is 307 Å². The summed E-state index contributed by atoms with van der Waals surface area (Å²) in [6.45, 7) is 3.33. The van der Waals surface area contributed by atoms with Crippen LogP contribution in [0.5, 0.6) is 11.5 Å². The number of benzene rings is 6. The van der Waals surface area contributed by atoms with Gasteiger partial charge in [0.05, 0.1) is 0 Å². The van der Waals surface area contributed by atoms with Gasteiger partial charge >= 0.3 is 6.03 Å². The number of fused-ring (bicyclic) bond motifs is 2. The standard InChI is InChI=1S/C37H30N4O11S2/c1-19-15-21(35(44)38-31-11-13-33(53(47,48)49)25-7-5-23(42)17-27(25)31)3-9-29(19)40-37(46)41-30-10-4-22(16-20(30)2)36(45)39-32-12-14-34(54(50,51)52)26-8-6-24(43)18-28(26)32/h3-18,42-43H,1-2H3,(H,38,44)(H,39,45)(H2,40,41,46)(H,47,48,49)(H,50,51,52). The number of phenolic OH excluding ortho intramolecular Hbond substituents is 2. The van der Waals surface area contributed by atoms with Gasteiger partial charge in [-0.2, -0.15) is 16.8 Å². The normalized spacial score (nSPS) is 11.6. The van der Waals surface area contributed by atoms with Crippen LogP contribution in [0.3, 0.4) is 0 Å². The van der Waals surface area contributed by atoms with Crippen LogP contribution in [0.15, 0.2) is 107 Å². The fraction of sp³-hybridized carbons (Fsp3) is 0.0541. The van der Waals surface area contributed by atoms with Gasteiger partial charge in [-0.3, -0.25) is 18.7 Å². The number of urea groups is 1. The molecular weight excluding hydrogens is 741 g/mol. The summed E-state index contributed by atoms with van der Waals surface area (Å²) in [6.07, 6.45) is 0. The maximum atomic E-state index is 13.2. The Hall–Kier alpha value is -6.53. The minimum Gasteiger partial charge on any atom is -0.508 e. The first-order valence-electron chi connectivity index (χ1n) is 15.8. The fourth-order valence-electron chi connectivity index (χ4n) is 5.84. The first-order valence-corrected chi connectivity index (χ1v) is 18.7. The van der Waals surface area contributed by atoms with E-state index in [1.807, 2.05) is 0 Å². The number of hydrogen-bond donors (Lipinski definition) is 8. The summed E-state index contributed by atoms with van der Waals surface area (Å²) in [4.78, 5) is 38.5. The highest BCUT2D eigenvalue weighted by molar-refractivity contribution is 7.86. The van der Waals surface area contributed by atoms with Crippen molar-refractivity contribution in [2.45, 2.75) is 23.6 Å². The van der Waals surface area contributed by atoms with E-state index in [0.717, 1.165) is 12.1 Å². The number of phenols is 2. The zero-order valence-electron chi connectivity index (χ0n) is 28.2. The molecule has 0 heterocycles. The third kappa shape index (κ3) is 7.79. The second-order valence-electron chi connectivity index (χ2n) is 12.2. The summed E-state index contributed by atoms with van der Waals surface area (Å²) in [6, 6.07) is 20.9. The molecule has 6 aromatic rings. The van der Waals surface area contributed by atoms with Crippen LogP contribution in [-0.2, 0) is 20.2 Å². The summed E-state index contributed by atoms with van der Waals surface area (Å²) in [5.41, 5.74) is 2.57. The zero-order valence-corrected chi connectivity index (χ0v) is 29.8. The lowest BCUT2D eigenvalue weighted by atomic mass is 10.1. The molecule has 0 aliphatic heterocycles. The third-order valence-corrected chi connectivity index (χ3v) is 10.3. The number of hydrogen-bond acceptors (Lipinski definition) is 9. The lowest BCUT2D eigenvalue weighted by molar-refractivity contribution is 0.101. The van der Waals surface area contributed by atoms with Crippen LogP contribution in [0.25, 0.3) is 21.5 Å². The largest absolute Gasteiger partial charge is 0.508 e. The molecule has 0 spiro atoms. The molecule has 0 fully saturated rings. The van der Waals surface area contributed by atoms with E-state index in [9.17, 15) is 50.5 Å². The third-order valence-electron chi connectivity index (χ3n) is 8.45. The molecule has 0 aliphatic carbocycles. The highest BCUT2D eigenvalue weighted by Gasteiger charge is 2.20. The van der Waals surface area contributed by atoms with Gasteiger partial charge < -0.3 is 31.5 Å². The minimum absolute atomic E-state index is 0.0879. The predicted molar refractivity (Wildman–Crippen MR) is 202 cm³/mol. The highest BCUT2D eigenvalue weighted by atomic mass is 32.2. The Morgan fingerprint density at radius 1 is 0.463 bits per heavy atom. The van der Waals surface area contributed by atoms with Crippen LogP contribution in [0.2, 0.25) is 0 Å². The number of amides is 4. The van der Waals surface area contributed by atoms with Crippen molar-refractivity contribution in [3.8, 4) is 11.5 Å². The Morgan fingerprint density at radius 2 is 0.833 bits per heavy atom. The second-order valence-corrected chi connectivity index (χ2v) is 15.0. The minimum atomic E-state index is -4.59. The number of nitrogens with one attached hydrogen (secondary N) is 4. The van der Waals surface area contributed by atoms with Crippen molar-refractivity contribution in [3.63, 3.8) is 0 Å². The number of anilines is 4. The summed E-state index contributed by atoms with van der Waals surface area (Å²) < 4.78 is 66.6. The van der Waals surface area contributed by atoms with Crippen LogP contribution in [0, 0.1) is 13.8 Å². The van der Waals surface area contributed by atoms with Crippen molar-refractivity contribution in [1.29, 1.82) is 0 Å². The van der Waals surface area contributed by atoms with Crippen molar-refractivity contribution in [2.24, 2.45) is 0 Å². The van der Waals surface area contributed by atoms with Crippen LogP contribution in [0.1, 0.15) is 31.8 Å². The number of aromatic hydroxyl groups is 2. The van der Waals surface area contributed by atoms with Crippen LogP contribution in [-0.4, -0.2) is 54.0 Å². The van der Waals surface area contributed by atoms with Gasteiger partial charge in [0.1, 0.15) is 21.3 Å². The summed E-state index contributed by atoms with van der Waals surface area (Å²) in [5.74, 6) is -1.52. The molecule has 4 amide bonds. The average Bonchev–Trinajstić information content (AvgIpc) is 3.09. The molecule has 6 aromatic carbocycles. The van der Waals surface area contributed by atoms with E-state index < -0.39 is 47.9 Å². The smallest absolute Gasteiger partial charge is 0.323 e. The lowest BCUT2D eigenvalue weighted by Gasteiger charge is -2.15. The van der Waals surface area contributed by atoms with Gasteiger partial charge in [-0.15, -0.1) is 0 Å². The maximum Gasteiger partial charge on any atom is 0.323 e. The SMILES string of the molecule is Cc1cc(C(=O)Nc2ccc(S(=O)(=O)O)c3ccc(O)cc23)ccc1NC(=O)Nc1ccc(C(=O)Nc2ccc(S(=O)(=O)O)c3ccc(O)cc23)cc1C. The highest BCUT2D eigenvalue weighted by Crippen LogP contribution is 2.34.